The van der Waals surface area contributed by atoms with E-state index in [1.165, 1.54) is 24.3 Å². The van der Waals surface area contributed by atoms with Crippen LogP contribution in [0.3, 0.4) is 0 Å². The number of phenols is 1. The second kappa shape index (κ2) is 8.46. The minimum Gasteiger partial charge on any atom is -0.507 e. The number of nitro benzene ring substituents is 1. The maximum atomic E-state index is 12.5. The third kappa shape index (κ3) is 4.25. The van der Waals surface area contributed by atoms with Crippen molar-refractivity contribution in [2.75, 3.05) is 0 Å². The number of para-hydroxylation sites is 2. The van der Waals surface area contributed by atoms with Crippen molar-refractivity contribution in [3.8, 4) is 22.7 Å². The normalized spacial score (nSPS) is 11.0. The zero-order chi connectivity index (χ0) is 21.8. The van der Waals surface area contributed by atoms with Crippen molar-refractivity contribution >= 4 is 17.5 Å². The first-order valence-electron chi connectivity index (χ1n) is 9.43. The molecule has 4 aromatic rings. The summed E-state index contributed by atoms with van der Waals surface area (Å²) in [4.78, 5) is 23.0. The number of hydrogen-bond donors (Lipinski definition) is 1. The van der Waals surface area contributed by atoms with Gasteiger partial charge in [-0.2, -0.15) is 5.10 Å². The smallest absolute Gasteiger partial charge is 0.269 e. The summed E-state index contributed by atoms with van der Waals surface area (Å²) in [5.74, 6) is -0.437. The summed E-state index contributed by atoms with van der Waals surface area (Å²) in [7, 11) is 0. The zero-order valence-electron chi connectivity index (χ0n) is 16.3. The summed E-state index contributed by atoms with van der Waals surface area (Å²) < 4.78 is 1.68. The Morgan fingerprint density at radius 2 is 1.65 bits per heavy atom. The van der Waals surface area contributed by atoms with Crippen LogP contribution in [0.2, 0.25) is 0 Å². The Hall–Kier alpha value is -4.52. The highest BCUT2D eigenvalue weighted by Gasteiger charge is 2.14. The number of hydrogen-bond acceptors (Lipinski definition) is 5. The van der Waals surface area contributed by atoms with Gasteiger partial charge in [0, 0.05) is 29.5 Å². The molecular formula is C24H17N3O4. The minimum absolute atomic E-state index is 0.0157. The van der Waals surface area contributed by atoms with E-state index < -0.39 is 4.92 Å². The maximum Gasteiger partial charge on any atom is 0.269 e. The number of ketones is 1. The maximum absolute atomic E-state index is 12.5. The molecule has 0 spiro atoms. The molecular weight excluding hydrogens is 394 g/mol. The lowest BCUT2D eigenvalue weighted by Gasteiger charge is -2.01. The van der Waals surface area contributed by atoms with Crippen molar-refractivity contribution in [2.24, 2.45) is 0 Å². The first-order valence-corrected chi connectivity index (χ1v) is 9.43. The molecule has 7 heteroatoms. The number of nitrogens with zero attached hydrogens (tertiary/aromatic N) is 3. The molecule has 1 N–H and O–H groups in total. The Morgan fingerprint density at radius 1 is 0.968 bits per heavy atom. The quantitative estimate of drug-likeness (QED) is 0.207. The largest absolute Gasteiger partial charge is 0.507 e. The molecule has 0 atom stereocenters. The molecule has 0 aliphatic heterocycles. The molecule has 0 amide bonds. The van der Waals surface area contributed by atoms with Crippen LogP contribution in [0.1, 0.15) is 15.9 Å². The molecule has 4 rings (SSSR count). The Labute approximate surface area is 177 Å². The summed E-state index contributed by atoms with van der Waals surface area (Å²) in [5.41, 5.74) is 2.91. The van der Waals surface area contributed by atoms with Gasteiger partial charge in [0.1, 0.15) is 5.75 Å². The van der Waals surface area contributed by atoms with Crippen molar-refractivity contribution < 1.29 is 14.8 Å². The molecule has 0 bridgehead atoms. The SMILES string of the molecule is O=C(/C=C/c1cn(-c2ccccc2)nc1-c1ccc([N+](=O)[O-])cc1)c1ccccc1O. The van der Waals surface area contributed by atoms with Crippen LogP contribution in [0.5, 0.6) is 5.75 Å². The van der Waals surface area contributed by atoms with Gasteiger partial charge < -0.3 is 5.11 Å². The number of nitro groups is 1. The molecule has 1 heterocycles. The highest BCUT2D eigenvalue weighted by molar-refractivity contribution is 6.08. The number of carbonyl (C=O) groups excluding carboxylic acids is 1. The van der Waals surface area contributed by atoms with Gasteiger partial charge in [0.25, 0.3) is 5.69 Å². The molecule has 3 aromatic carbocycles. The van der Waals surface area contributed by atoms with Crippen LogP contribution in [0.4, 0.5) is 5.69 Å². The fourth-order valence-electron chi connectivity index (χ4n) is 3.12. The standard InChI is InChI=1S/C24H17N3O4/c28-22-9-5-4-8-21(22)23(29)15-12-18-16-26(19-6-2-1-3-7-19)25-24(18)17-10-13-20(14-11-17)27(30)31/h1-16,28H/b15-12+. The average Bonchev–Trinajstić information content (AvgIpc) is 3.23. The topological polar surface area (TPSA) is 98.3 Å². The Kier molecular flexibility index (Phi) is 5.40. The first-order chi connectivity index (χ1) is 15.0. The van der Waals surface area contributed by atoms with Crippen molar-refractivity contribution in [2.45, 2.75) is 0 Å². The second-order valence-electron chi connectivity index (χ2n) is 6.73. The molecule has 0 saturated carbocycles. The lowest BCUT2D eigenvalue weighted by atomic mass is 10.1. The third-order valence-corrected chi connectivity index (χ3v) is 4.70. The van der Waals surface area contributed by atoms with E-state index in [0.717, 1.165) is 5.69 Å². The van der Waals surface area contributed by atoms with Gasteiger partial charge >= 0.3 is 0 Å². The van der Waals surface area contributed by atoms with Gasteiger partial charge in [0.15, 0.2) is 5.78 Å². The number of phenolic OH excluding ortho intramolecular Hbond substituents is 1. The van der Waals surface area contributed by atoms with Gasteiger partial charge in [-0.15, -0.1) is 0 Å². The number of benzene rings is 3. The molecule has 0 aliphatic carbocycles. The molecule has 7 nitrogen and oxygen atoms in total. The number of aromatic hydroxyl groups is 1. The number of allylic oxidation sites excluding steroid dienone is 1. The van der Waals surface area contributed by atoms with E-state index in [1.54, 1.807) is 47.3 Å². The van der Waals surface area contributed by atoms with E-state index in [1.807, 2.05) is 30.3 Å². The predicted molar refractivity (Wildman–Crippen MR) is 117 cm³/mol. The number of carbonyl (C=O) groups is 1. The van der Waals surface area contributed by atoms with Gasteiger partial charge in [-0.25, -0.2) is 4.68 Å². The van der Waals surface area contributed by atoms with E-state index >= 15 is 0 Å². The third-order valence-electron chi connectivity index (χ3n) is 4.70. The van der Waals surface area contributed by atoms with E-state index in [2.05, 4.69) is 5.10 Å². The van der Waals surface area contributed by atoms with Crippen LogP contribution in [0, 0.1) is 10.1 Å². The summed E-state index contributed by atoms with van der Waals surface area (Å²) >= 11 is 0. The molecule has 0 saturated heterocycles. The van der Waals surface area contributed by atoms with Crippen molar-refractivity contribution in [3.05, 3.63) is 112 Å². The van der Waals surface area contributed by atoms with Crippen LogP contribution in [0.25, 0.3) is 23.0 Å². The lowest BCUT2D eigenvalue weighted by molar-refractivity contribution is -0.384. The van der Waals surface area contributed by atoms with Crippen LogP contribution >= 0.6 is 0 Å². The number of aromatic nitrogens is 2. The summed E-state index contributed by atoms with van der Waals surface area (Å²) in [6, 6.07) is 21.9. The molecule has 152 valence electrons. The van der Waals surface area contributed by atoms with Gasteiger partial charge in [0.2, 0.25) is 0 Å². The average molecular weight is 411 g/mol. The fourth-order valence-corrected chi connectivity index (χ4v) is 3.12. The van der Waals surface area contributed by atoms with E-state index in [-0.39, 0.29) is 22.8 Å². The van der Waals surface area contributed by atoms with Gasteiger partial charge in [-0.05, 0) is 48.6 Å². The Bertz CT molecular complexity index is 1280. The monoisotopic (exact) mass is 411 g/mol. The molecule has 0 radical (unpaired) electrons. The molecule has 1 aromatic heterocycles. The highest BCUT2D eigenvalue weighted by Crippen LogP contribution is 2.27. The zero-order valence-corrected chi connectivity index (χ0v) is 16.3. The number of non-ortho nitro benzene ring substituents is 1. The Balaban J connectivity index is 1.75. The second-order valence-corrected chi connectivity index (χ2v) is 6.73. The highest BCUT2D eigenvalue weighted by atomic mass is 16.6. The van der Waals surface area contributed by atoms with Crippen molar-refractivity contribution in [3.63, 3.8) is 0 Å². The molecule has 0 unspecified atom stereocenters. The van der Waals surface area contributed by atoms with Crippen molar-refractivity contribution in [1.29, 1.82) is 0 Å². The van der Waals surface area contributed by atoms with Gasteiger partial charge in [0.05, 0.1) is 21.9 Å². The van der Waals surface area contributed by atoms with Crippen LogP contribution in [-0.2, 0) is 0 Å². The van der Waals surface area contributed by atoms with E-state index in [9.17, 15) is 20.0 Å². The summed E-state index contributed by atoms with van der Waals surface area (Å²) in [6.07, 6.45) is 4.77. The van der Waals surface area contributed by atoms with E-state index in [4.69, 9.17) is 0 Å². The Morgan fingerprint density at radius 3 is 2.32 bits per heavy atom. The predicted octanol–water partition coefficient (Wildman–Crippen LogP) is 5.05. The van der Waals surface area contributed by atoms with Crippen LogP contribution in [0.15, 0.2) is 91.1 Å². The van der Waals surface area contributed by atoms with Crippen LogP contribution in [-0.4, -0.2) is 25.6 Å². The first kappa shape index (κ1) is 19.8. The summed E-state index contributed by atoms with van der Waals surface area (Å²) in [6.45, 7) is 0. The molecule has 31 heavy (non-hydrogen) atoms. The summed E-state index contributed by atoms with van der Waals surface area (Å²) in [5, 5.41) is 25.5. The van der Waals surface area contributed by atoms with Crippen LogP contribution < -0.4 is 0 Å². The molecule has 0 aliphatic rings. The van der Waals surface area contributed by atoms with Crippen molar-refractivity contribution in [1.82, 2.24) is 9.78 Å². The molecule has 0 fully saturated rings. The van der Waals surface area contributed by atoms with Gasteiger partial charge in [-0.1, -0.05) is 30.3 Å². The lowest BCUT2D eigenvalue weighted by Crippen LogP contribution is -1.94. The minimum atomic E-state index is -0.460. The van der Waals surface area contributed by atoms with E-state index in [0.29, 0.717) is 16.8 Å². The number of rotatable bonds is 6. The fraction of sp³-hybridized carbons (Fsp3) is 0. The van der Waals surface area contributed by atoms with Gasteiger partial charge in [-0.3, -0.25) is 14.9 Å².